The van der Waals surface area contributed by atoms with Gasteiger partial charge in [-0.15, -0.1) is 0 Å². The van der Waals surface area contributed by atoms with Crippen molar-refractivity contribution < 1.29 is 39.5 Å². The molecule has 1 rings (SSSR count). The lowest BCUT2D eigenvalue weighted by molar-refractivity contribution is -0.224. The highest BCUT2D eigenvalue weighted by atomic mass is 32.1. The lowest BCUT2D eigenvalue weighted by atomic mass is 9.78. The molecule has 12 heteroatoms. The van der Waals surface area contributed by atoms with Crippen LogP contribution in [-0.2, 0) is 0 Å². The van der Waals surface area contributed by atoms with E-state index in [1.165, 1.54) is 0 Å². The summed E-state index contributed by atoms with van der Waals surface area (Å²) in [5.74, 6) is -4.38. The van der Waals surface area contributed by atoms with Crippen molar-refractivity contribution in [3.05, 3.63) is 0 Å². The van der Waals surface area contributed by atoms with Crippen LogP contribution in [0.5, 0.6) is 0 Å². The maximum absolute atomic E-state index is 12.7. The predicted molar refractivity (Wildman–Crippen MR) is 66.5 cm³/mol. The zero-order valence-electron chi connectivity index (χ0n) is 11.4. The molecule has 0 aromatic heterocycles. The van der Waals surface area contributed by atoms with Crippen LogP contribution in [0.25, 0.3) is 0 Å². The van der Waals surface area contributed by atoms with Crippen LogP contribution in [0.1, 0.15) is 19.3 Å². The fourth-order valence-electron chi connectivity index (χ4n) is 2.39. The smallest absolute Gasteiger partial charge is 0.360 e. The fourth-order valence-corrected chi connectivity index (χ4v) is 2.63. The van der Waals surface area contributed by atoms with Crippen LogP contribution in [0, 0.1) is 11.8 Å². The van der Waals surface area contributed by atoms with Crippen molar-refractivity contribution in [2.75, 3.05) is 6.54 Å². The van der Waals surface area contributed by atoms with Crippen LogP contribution in [0.2, 0.25) is 0 Å². The normalized spacial score (nSPS) is 26.7. The second-order valence-corrected chi connectivity index (χ2v) is 5.73. The first kappa shape index (κ1) is 20.1. The average Bonchev–Trinajstić information content (AvgIpc) is 2.33. The van der Waals surface area contributed by atoms with Crippen LogP contribution in [0.3, 0.4) is 0 Å². The quantitative estimate of drug-likeness (QED) is 0.564. The van der Waals surface area contributed by atoms with Crippen molar-refractivity contribution in [1.29, 1.82) is 0 Å². The molecule has 2 nitrogen and oxygen atoms in total. The minimum Gasteiger partial charge on any atom is -0.360 e. The average molecular weight is 376 g/mol. The Morgan fingerprint density at radius 3 is 1.61 bits per heavy atom. The summed E-state index contributed by atoms with van der Waals surface area (Å²) >= 11 is 4.48. The molecule has 2 atom stereocenters. The zero-order valence-corrected chi connectivity index (χ0v) is 12.2. The van der Waals surface area contributed by atoms with E-state index in [0.29, 0.717) is 0 Å². The first-order valence-electron chi connectivity index (χ1n) is 6.43. The Morgan fingerprint density at radius 1 is 0.826 bits per heavy atom. The molecular weight excluding hydrogens is 363 g/mol. The van der Waals surface area contributed by atoms with Crippen molar-refractivity contribution >= 4 is 17.3 Å². The Bertz CT molecular complexity index is 393. The predicted octanol–water partition coefficient (Wildman–Crippen LogP) is 3.92. The van der Waals surface area contributed by atoms with Gasteiger partial charge in [0.05, 0.1) is 11.8 Å². The number of hydrogen-bond acceptors (Lipinski definition) is 1. The lowest BCUT2D eigenvalue weighted by Crippen LogP contribution is -2.50. The lowest BCUT2D eigenvalue weighted by Gasteiger charge is -2.37. The van der Waals surface area contributed by atoms with E-state index < -0.39 is 67.3 Å². The molecule has 0 saturated heterocycles. The molecule has 2 unspecified atom stereocenters. The highest BCUT2D eigenvalue weighted by molar-refractivity contribution is 7.80. The van der Waals surface area contributed by atoms with E-state index in [1.54, 1.807) is 5.32 Å². The van der Waals surface area contributed by atoms with E-state index in [2.05, 4.69) is 17.5 Å². The summed E-state index contributed by atoms with van der Waals surface area (Å²) in [7, 11) is 0. The molecule has 23 heavy (non-hydrogen) atoms. The van der Waals surface area contributed by atoms with Gasteiger partial charge in [-0.2, -0.15) is 39.5 Å². The molecule has 136 valence electrons. The van der Waals surface area contributed by atoms with Gasteiger partial charge in [0.25, 0.3) is 0 Å². The molecule has 1 fully saturated rings. The van der Waals surface area contributed by atoms with Gasteiger partial charge in [0, 0.05) is 6.04 Å². The van der Waals surface area contributed by atoms with E-state index in [-0.39, 0.29) is 0 Å². The van der Waals surface area contributed by atoms with E-state index in [4.69, 9.17) is 0 Å². The molecule has 2 N–H and O–H groups in total. The van der Waals surface area contributed by atoms with Gasteiger partial charge in [-0.25, -0.2) is 0 Å². The molecular formula is C11H13F9N2S. The molecule has 0 aromatic carbocycles. The molecule has 1 aliphatic rings. The Hall–Kier alpha value is -0.940. The maximum Gasteiger partial charge on any atom is 0.405 e. The van der Waals surface area contributed by atoms with Gasteiger partial charge >= 0.3 is 18.5 Å². The van der Waals surface area contributed by atoms with E-state index >= 15 is 0 Å². The zero-order chi connectivity index (χ0) is 18.1. The SMILES string of the molecule is FC(F)(F)CNC(=S)NC1CC(C(F)(F)F)CC(C(F)(F)F)C1. The van der Waals surface area contributed by atoms with E-state index in [1.807, 2.05) is 0 Å². The standard InChI is InChI=1S/C11H13F9N2S/c12-9(13,14)4-21-8(23)22-7-2-5(10(15,16)17)1-6(3-7)11(18,19)20/h5-7H,1-4H2,(H2,21,22,23). The number of thiocarbonyl (C=S) groups is 1. The summed E-state index contributed by atoms with van der Waals surface area (Å²) in [5.41, 5.74) is 0. The number of nitrogens with one attached hydrogen (secondary N) is 2. The van der Waals surface area contributed by atoms with Gasteiger partial charge in [-0.1, -0.05) is 0 Å². The number of halogens is 9. The summed E-state index contributed by atoms with van der Waals surface area (Å²) < 4.78 is 112. The third kappa shape index (κ3) is 7.00. The summed E-state index contributed by atoms with van der Waals surface area (Å²) in [6.07, 6.45) is -16.7. The molecule has 0 aromatic rings. The van der Waals surface area contributed by atoms with Gasteiger partial charge in [-0.3, -0.25) is 0 Å². The maximum atomic E-state index is 12.7. The highest BCUT2D eigenvalue weighted by Gasteiger charge is 2.51. The number of alkyl halides is 9. The van der Waals surface area contributed by atoms with Crippen LogP contribution in [-0.4, -0.2) is 36.2 Å². The van der Waals surface area contributed by atoms with Gasteiger partial charge in [-0.05, 0) is 31.5 Å². The van der Waals surface area contributed by atoms with Crippen molar-refractivity contribution in [2.45, 2.75) is 43.8 Å². The topological polar surface area (TPSA) is 24.1 Å². The summed E-state index contributed by atoms with van der Waals surface area (Å²) in [6.45, 7) is -1.53. The number of rotatable bonds is 2. The third-order valence-electron chi connectivity index (χ3n) is 3.42. The third-order valence-corrected chi connectivity index (χ3v) is 3.68. The molecule has 0 heterocycles. The summed E-state index contributed by atoms with van der Waals surface area (Å²) in [5, 5.41) is 3.20. The summed E-state index contributed by atoms with van der Waals surface area (Å²) in [6, 6.07) is -1.31. The van der Waals surface area contributed by atoms with Crippen LogP contribution in [0.15, 0.2) is 0 Å². The Balaban J connectivity index is 2.71. The van der Waals surface area contributed by atoms with Gasteiger partial charge < -0.3 is 10.6 Å². The van der Waals surface area contributed by atoms with Crippen LogP contribution < -0.4 is 10.6 Å². The van der Waals surface area contributed by atoms with Gasteiger partial charge in [0.15, 0.2) is 5.11 Å². The fraction of sp³-hybridized carbons (Fsp3) is 0.909. The van der Waals surface area contributed by atoms with Crippen molar-refractivity contribution in [2.24, 2.45) is 11.8 Å². The minimum atomic E-state index is -4.81. The molecule has 0 spiro atoms. The second-order valence-electron chi connectivity index (χ2n) is 5.32. The highest BCUT2D eigenvalue weighted by Crippen LogP contribution is 2.45. The minimum absolute atomic E-state index is 0.629. The second kappa shape index (κ2) is 6.89. The molecule has 1 saturated carbocycles. The molecule has 1 aliphatic carbocycles. The van der Waals surface area contributed by atoms with E-state index in [0.717, 1.165) is 0 Å². The monoisotopic (exact) mass is 376 g/mol. The summed E-state index contributed by atoms with van der Waals surface area (Å²) in [4.78, 5) is 0. The molecule has 0 amide bonds. The van der Waals surface area contributed by atoms with Crippen molar-refractivity contribution in [1.82, 2.24) is 10.6 Å². The Labute approximate surface area is 130 Å². The Kier molecular flexibility index (Phi) is 6.03. The first-order valence-corrected chi connectivity index (χ1v) is 6.84. The van der Waals surface area contributed by atoms with E-state index in [9.17, 15) is 39.5 Å². The Morgan fingerprint density at radius 2 is 1.26 bits per heavy atom. The molecule has 0 aliphatic heterocycles. The number of hydrogen-bond donors (Lipinski definition) is 2. The molecule has 0 bridgehead atoms. The van der Waals surface area contributed by atoms with Crippen LogP contribution in [0.4, 0.5) is 39.5 Å². The first-order chi connectivity index (χ1) is 10.2. The van der Waals surface area contributed by atoms with Crippen LogP contribution >= 0.6 is 12.2 Å². The van der Waals surface area contributed by atoms with Gasteiger partial charge in [0.1, 0.15) is 6.54 Å². The van der Waals surface area contributed by atoms with Crippen molar-refractivity contribution in [3.8, 4) is 0 Å². The van der Waals surface area contributed by atoms with Gasteiger partial charge in [0.2, 0.25) is 0 Å². The largest absolute Gasteiger partial charge is 0.405 e. The van der Waals surface area contributed by atoms with Crippen molar-refractivity contribution in [3.63, 3.8) is 0 Å². The molecule has 0 radical (unpaired) electrons.